The van der Waals surface area contributed by atoms with E-state index in [1.165, 1.54) is 25.7 Å². The summed E-state index contributed by atoms with van der Waals surface area (Å²) in [5, 5.41) is 9.33. The second-order valence-electron chi connectivity index (χ2n) is 8.33. The Labute approximate surface area is 156 Å². The van der Waals surface area contributed by atoms with Crippen LogP contribution in [0.25, 0.3) is 0 Å². The summed E-state index contributed by atoms with van der Waals surface area (Å²) in [6.45, 7) is 3.94. The van der Waals surface area contributed by atoms with Crippen LogP contribution < -0.4 is 0 Å². The van der Waals surface area contributed by atoms with Gasteiger partial charge < -0.3 is 10.0 Å². The third-order valence-corrected chi connectivity index (χ3v) is 6.23. The molecule has 2 aliphatic rings. The lowest BCUT2D eigenvalue weighted by Gasteiger charge is -2.34. The largest absolute Gasteiger partial charge is 0.478 e. The van der Waals surface area contributed by atoms with E-state index in [4.69, 9.17) is 0 Å². The molecule has 0 bridgehead atoms. The Morgan fingerprint density at radius 1 is 1.08 bits per heavy atom. The Hall–Kier alpha value is -1.84. The van der Waals surface area contributed by atoms with E-state index >= 15 is 0 Å². The highest BCUT2D eigenvalue weighted by Gasteiger charge is 2.27. The average Bonchev–Trinajstić information content (AvgIpc) is 2.62. The monoisotopic (exact) mass is 357 g/mol. The van der Waals surface area contributed by atoms with Crippen molar-refractivity contribution in [3.63, 3.8) is 0 Å². The van der Waals surface area contributed by atoms with E-state index in [0.717, 1.165) is 50.3 Å². The molecule has 1 saturated heterocycles. The lowest BCUT2D eigenvalue weighted by molar-refractivity contribution is -0.133. The van der Waals surface area contributed by atoms with Gasteiger partial charge in [0.2, 0.25) is 5.91 Å². The number of carboxylic acids is 1. The van der Waals surface area contributed by atoms with Crippen LogP contribution in [0.4, 0.5) is 0 Å². The number of amides is 1. The van der Waals surface area contributed by atoms with Crippen LogP contribution in [-0.4, -0.2) is 35.0 Å². The Morgan fingerprint density at radius 3 is 2.50 bits per heavy atom. The number of likely N-dealkylation sites (tertiary alicyclic amines) is 1. The fourth-order valence-corrected chi connectivity index (χ4v) is 4.73. The van der Waals surface area contributed by atoms with E-state index in [1.807, 2.05) is 17.0 Å². The van der Waals surface area contributed by atoms with E-state index in [0.29, 0.717) is 23.3 Å². The first-order chi connectivity index (χ1) is 12.5. The topological polar surface area (TPSA) is 57.6 Å². The first-order valence-corrected chi connectivity index (χ1v) is 10.1. The molecule has 1 aromatic carbocycles. The average molecular weight is 357 g/mol. The van der Waals surface area contributed by atoms with Crippen molar-refractivity contribution in [3.8, 4) is 0 Å². The van der Waals surface area contributed by atoms with Crippen molar-refractivity contribution >= 4 is 11.9 Å². The minimum absolute atomic E-state index is 0.327. The maximum atomic E-state index is 12.6. The third-order valence-electron chi connectivity index (χ3n) is 6.23. The summed E-state index contributed by atoms with van der Waals surface area (Å²) in [4.78, 5) is 26.0. The van der Waals surface area contributed by atoms with E-state index < -0.39 is 5.97 Å². The van der Waals surface area contributed by atoms with Crippen molar-refractivity contribution in [2.75, 3.05) is 13.1 Å². The summed E-state index contributed by atoms with van der Waals surface area (Å²) in [5.41, 5.74) is 1.33. The molecule has 1 amide bonds. The molecule has 1 heterocycles. The number of carboxylic acid groups (broad SMARTS) is 1. The van der Waals surface area contributed by atoms with Crippen molar-refractivity contribution < 1.29 is 14.7 Å². The van der Waals surface area contributed by atoms with Crippen molar-refractivity contribution in [2.24, 2.45) is 17.8 Å². The van der Waals surface area contributed by atoms with E-state index in [-0.39, 0.29) is 0 Å². The van der Waals surface area contributed by atoms with Crippen LogP contribution in [-0.2, 0) is 11.2 Å². The Bertz CT molecular complexity index is 634. The molecule has 1 N–H and O–H groups in total. The fraction of sp³-hybridized carbons (Fsp3) is 0.636. The maximum Gasteiger partial charge on any atom is 0.335 e. The number of aromatic carboxylic acids is 1. The second kappa shape index (κ2) is 8.70. The number of hydrogen-bond donors (Lipinski definition) is 1. The first kappa shape index (κ1) is 18.9. The molecule has 1 aromatic rings. The number of nitrogens with zero attached hydrogens (tertiary/aromatic N) is 1. The van der Waals surface area contributed by atoms with Crippen molar-refractivity contribution in [1.82, 2.24) is 4.90 Å². The molecule has 3 rings (SSSR count). The summed E-state index contributed by atoms with van der Waals surface area (Å²) in [6, 6.07) is 7.29. The summed E-state index contributed by atoms with van der Waals surface area (Å²) >= 11 is 0. The number of piperidine rings is 1. The number of carbonyl (C=O) groups excluding carboxylic acids is 1. The Morgan fingerprint density at radius 2 is 1.81 bits per heavy atom. The minimum atomic E-state index is -0.852. The Balaban J connectivity index is 1.48. The molecule has 1 saturated carbocycles. The number of benzene rings is 1. The molecule has 142 valence electrons. The number of hydrogen-bond acceptors (Lipinski definition) is 2. The zero-order valence-corrected chi connectivity index (χ0v) is 15.8. The van der Waals surface area contributed by atoms with Gasteiger partial charge in [-0.3, -0.25) is 4.79 Å². The van der Waals surface area contributed by atoms with Crippen LogP contribution in [0.3, 0.4) is 0 Å². The second-order valence-corrected chi connectivity index (χ2v) is 8.33. The van der Waals surface area contributed by atoms with Gasteiger partial charge in [0, 0.05) is 19.5 Å². The highest BCUT2D eigenvalue weighted by molar-refractivity contribution is 5.89. The lowest BCUT2D eigenvalue weighted by Crippen LogP contribution is -2.40. The van der Waals surface area contributed by atoms with Gasteiger partial charge >= 0.3 is 5.97 Å². The zero-order chi connectivity index (χ0) is 18.5. The molecule has 0 aromatic heterocycles. The molecular formula is C22H31NO3. The fourth-order valence-electron chi connectivity index (χ4n) is 4.73. The minimum Gasteiger partial charge on any atom is -0.478 e. The molecule has 1 aliphatic heterocycles. The van der Waals surface area contributed by atoms with Gasteiger partial charge in [-0.25, -0.2) is 4.79 Å². The summed E-state index contributed by atoms with van der Waals surface area (Å²) in [7, 11) is 0. The van der Waals surface area contributed by atoms with Crippen molar-refractivity contribution in [2.45, 2.75) is 58.3 Å². The van der Waals surface area contributed by atoms with Crippen molar-refractivity contribution in [3.05, 3.63) is 35.4 Å². The highest BCUT2D eigenvalue weighted by Crippen LogP contribution is 2.32. The SMILES string of the molecule is CC1CCCC(CC(=O)N2CCC(Cc3ccccc3C(=O)O)CC2)C1. The van der Waals surface area contributed by atoms with Gasteiger partial charge in [0.1, 0.15) is 0 Å². The molecule has 2 fully saturated rings. The molecule has 26 heavy (non-hydrogen) atoms. The predicted octanol–water partition coefficient (Wildman–Crippen LogP) is 4.38. The maximum absolute atomic E-state index is 12.6. The van der Waals surface area contributed by atoms with E-state index in [2.05, 4.69) is 6.92 Å². The normalized spacial score (nSPS) is 24.4. The van der Waals surface area contributed by atoms with Crippen LogP contribution >= 0.6 is 0 Å². The third kappa shape index (κ3) is 4.87. The molecule has 1 aliphatic carbocycles. The van der Waals surface area contributed by atoms with Crippen LogP contribution in [0.15, 0.2) is 24.3 Å². The number of rotatable bonds is 5. The van der Waals surface area contributed by atoms with Crippen LogP contribution in [0, 0.1) is 17.8 Å². The van der Waals surface area contributed by atoms with Gasteiger partial charge in [-0.1, -0.05) is 38.0 Å². The summed E-state index contributed by atoms with van der Waals surface area (Å²) in [6.07, 6.45) is 8.45. The molecule has 2 atom stereocenters. The number of carbonyl (C=O) groups is 2. The highest BCUT2D eigenvalue weighted by atomic mass is 16.4. The Kier molecular flexibility index (Phi) is 6.33. The standard InChI is InChI=1S/C22H31NO3/c1-16-5-4-6-18(13-16)15-21(24)23-11-9-17(10-12-23)14-19-7-2-3-8-20(19)22(25)26/h2-3,7-8,16-18H,4-6,9-15H2,1H3,(H,25,26). The summed E-state index contributed by atoms with van der Waals surface area (Å²) < 4.78 is 0. The molecule has 0 spiro atoms. The van der Waals surface area contributed by atoms with Crippen LogP contribution in [0.5, 0.6) is 0 Å². The van der Waals surface area contributed by atoms with Gasteiger partial charge in [-0.15, -0.1) is 0 Å². The predicted molar refractivity (Wildman–Crippen MR) is 102 cm³/mol. The van der Waals surface area contributed by atoms with Gasteiger partial charge in [-0.2, -0.15) is 0 Å². The van der Waals surface area contributed by atoms with Crippen LogP contribution in [0.1, 0.15) is 67.8 Å². The van der Waals surface area contributed by atoms with Gasteiger partial charge in [0.05, 0.1) is 5.56 Å². The molecule has 4 heteroatoms. The van der Waals surface area contributed by atoms with E-state index in [1.54, 1.807) is 12.1 Å². The zero-order valence-electron chi connectivity index (χ0n) is 15.8. The first-order valence-electron chi connectivity index (χ1n) is 10.1. The smallest absolute Gasteiger partial charge is 0.335 e. The molecule has 4 nitrogen and oxygen atoms in total. The van der Waals surface area contributed by atoms with Gasteiger partial charge in [0.15, 0.2) is 0 Å². The van der Waals surface area contributed by atoms with Gasteiger partial charge in [0.25, 0.3) is 0 Å². The lowest BCUT2D eigenvalue weighted by atomic mass is 9.80. The van der Waals surface area contributed by atoms with E-state index in [9.17, 15) is 14.7 Å². The quantitative estimate of drug-likeness (QED) is 0.850. The van der Waals surface area contributed by atoms with Crippen LogP contribution in [0.2, 0.25) is 0 Å². The van der Waals surface area contributed by atoms with Crippen molar-refractivity contribution in [1.29, 1.82) is 0 Å². The molecule has 2 unspecified atom stereocenters. The molecular weight excluding hydrogens is 326 g/mol. The molecule has 0 radical (unpaired) electrons. The summed E-state index contributed by atoms with van der Waals surface area (Å²) in [5.74, 6) is 1.28. The van der Waals surface area contributed by atoms with Gasteiger partial charge in [-0.05, 0) is 61.5 Å².